The number of rotatable bonds is 5. The molecule has 25 heavy (non-hydrogen) atoms. The van der Waals surface area contributed by atoms with Crippen LogP contribution in [0.2, 0.25) is 0 Å². The van der Waals surface area contributed by atoms with E-state index in [-0.39, 0.29) is 15.7 Å². The first-order valence-electron chi connectivity index (χ1n) is 8.15. The first-order valence-corrected chi connectivity index (χ1v) is 11.5. The van der Waals surface area contributed by atoms with Crippen molar-refractivity contribution in [1.29, 1.82) is 0 Å². The molecular weight excluding hydrogens is 358 g/mol. The first kappa shape index (κ1) is 18.1. The molecule has 0 bridgehead atoms. The van der Waals surface area contributed by atoms with Crippen molar-refractivity contribution in [3.8, 4) is 0 Å². The highest BCUT2D eigenvalue weighted by Gasteiger charge is 2.23. The van der Waals surface area contributed by atoms with Gasteiger partial charge in [-0.15, -0.1) is 0 Å². The highest BCUT2D eigenvalue weighted by atomic mass is 32.2. The van der Waals surface area contributed by atoms with Crippen LogP contribution in [0, 0.1) is 0 Å². The lowest BCUT2D eigenvalue weighted by Gasteiger charge is -2.25. The molecule has 0 fully saturated rings. The third-order valence-corrected chi connectivity index (χ3v) is 7.09. The molecule has 1 aliphatic rings. The molecule has 1 unspecified atom stereocenters. The van der Waals surface area contributed by atoms with Crippen LogP contribution >= 0.6 is 0 Å². The summed E-state index contributed by atoms with van der Waals surface area (Å²) in [5.41, 5.74) is 2.47. The minimum Gasteiger partial charge on any atom is -0.224 e. The number of fused-ring (bicyclic) bond motifs is 1. The number of nitrogens with one attached hydrogen (secondary N) is 1. The second kappa shape index (κ2) is 6.90. The van der Waals surface area contributed by atoms with Gasteiger partial charge in [0.15, 0.2) is 9.84 Å². The summed E-state index contributed by atoms with van der Waals surface area (Å²) in [6, 6.07) is 13.6. The fourth-order valence-electron chi connectivity index (χ4n) is 3.23. The van der Waals surface area contributed by atoms with Gasteiger partial charge in [0.1, 0.15) is 0 Å². The third kappa shape index (κ3) is 4.11. The fourth-order valence-corrected chi connectivity index (χ4v) is 5.10. The summed E-state index contributed by atoms with van der Waals surface area (Å²) in [5, 5.41) is 0. The van der Waals surface area contributed by atoms with Gasteiger partial charge in [-0.05, 0) is 54.5 Å². The maximum absolute atomic E-state index is 12.6. The lowest BCUT2D eigenvalue weighted by molar-refractivity contribution is 0.529. The number of aryl methyl sites for hydroxylation is 1. The summed E-state index contributed by atoms with van der Waals surface area (Å²) >= 11 is 0. The van der Waals surface area contributed by atoms with Gasteiger partial charge in [0, 0.05) is 12.8 Å². The normalized spacial score (nSPS) is 17.9. The Balaban J connectivity index is 1.80. The van der Waals surface area contributed by atoms with Crippen LogP contribution in [0.3, 0.4) is 0 Å². The van der Waals surface area contributed by atoms with Gasteiger partial charge in [-0.25, -0.2) is 21.6 Å². The van der Waals surface area contributed by atoms with Crippen molar-refractivity contribution in [2.75, 3.05) is 12.8 Å². The van der Waals surface area contributed by atoms with Gasteiger partial charge in [0.25, 0.3) is 0 Å². The topological polar surface area (TPSA) is 80.3 Å². The fraction of sp³-hybridized carbons (Fsp3) is 0.333. The van der Waals surface area contributed by atoms with Gasteiger partial charge in [-0.2, -0.15) is 0 Å². The maximum atomic E-state index is 12.6. The van der Waals surface area contributed by atoms with E-state index in [4.69, 9.17) is 0 Å². The van der Waals surface area contributed by atoms with E-state index in [1.54, 1.807) is 0 Å². The second-order valence-electron chi connectivity index (χ2n) is 6.39. The van der Waals surface area contributed by atoms with Crippen LogP contribution in [0.1, 0.15) is 29.9 Å². The number of benzene rings is 2. The summed E-state index contributed by atoms with van der Waals surface area (Å²) in [6.07, 6.45) is 4.05. The molecule has 0 amide bonds. The van der Waals surface area contributed by atoms with E-state index in [1.165, 1.54) is 35.4 Å². The van der Waals surface area contributed by atoms with Crippen molar-refractivity contribution in [2.45, 2.75) is 35.0 Å². The van der Waals surface area contributed by atoms with Crippen LogP contribution in [0.5, 0.6) is 0 Å². The highest BCUT2D eigenvalue weighted by molar-refractivity contribution is 7.91. The minimum atomic E-state index is -3.76. The third-order valence-electron chi connectivity index (χ3n) is 4.56. The van der Waals surface area contributed by atoms with Crippen LogP contribution in [0.15, 0.2) is 58.3 Å². The van der Waals surface area contributed by atoms with E-state index in [0.29, 0.717) is 6.54 Å². The average Bonchev–Trinajstić information content (AvgIpc) is 2.59. The Morgan fingerprint density at radius 1 is 1.00 bits per heavy atom. The molecule has 0 spiro atoms. The van der Waals surface area contributed by atoms with E-state index in [0.717, 1.165) is 25.5 Å². The standard InChI is InChI=1S/C18H21NO4S2/c1-24(20,21)16-9-5-10-17(12-16)25(22,23)19-13-15-8-4-7-14-6-2-3-11-18(14)15/h2-3,5-6,9-12,15,19H,4,7-8,13H2,1H3. The molecule has 5 nitrogen and oxygen atoms in total. The zero-order valence-electron chi connectivity index (χ0n) is 14.0. The van der Waals surface area contributed by atoms with Crippen molar-refractivity contribution in [1.82, 2.24) is 4.72 Å². The van der Waals surface area contributed by atoms with Crippen LogP contribution in [0.25, 0.3) is 0 Å². The minimum absolute atomic E-state index is 0.00149. The SMILES string of the molecule is CS(=O)(=O)c1cccc(S(=O)(=O)NCC2CCCc3ccccc32)c1. The molecule has 1 aliphatic carbocycles. The Kier molecular flexibility index (Phi) is 4.99. The lowest BCUT2D eigenvalue weighted by Crippen LogP contribution is -2.30. The number of sulfone groups is 1. The Labute approximate surface area is 149 Å². The maximum Gasteiger partial charge on any atom is 0.240 e. The van der Waals surface area contributed by atoms with Crippen molar-refractivity contribution in [3.05, 3.63) is 59.7 Å². The van der Waals surface area contributed by atoms with E-state index in [2.05, 4.69) is 16.9 Å². The van der Waals surface area contributed by atoms with Gasteiger partial charge in [0.2, 0.25) is 10.0 Å². The molecule has 134 valence electrons. The van der Waals surface area contributed by atoms with Gasteiger partial charge < -0.3 is 0 Å². The average molecular weight is 380 g/mol. The van der Waals surface area contributed by atoms with Crippen LogP contribution in [-0.4, -0.2) is 29.6 Å². The molecule has 0 heterocycles. The number of hydrogen-bond donors (Lipinski definition) is 1. The molecule has 1 N–H and O–H groups in total. The van der Waals surface area contributed by atoms with Gasteiger partial charge in [-0.3, -0.25) is 0 Å². The molecular formula is C18H21NO4S2. The van der Waals surface area contributed by atoms with Crippen molar-refractivity contribution < 1.29 is 16.8 Å². The molecule has 0 aliphatic heterocycles. The zero-order valence-corrected chi connectivity index (χ0v) is 15.6. The van der Waals surface area contributed by atoms with E-state index >= 15 is 0 Å². The summed E-state index contributed by atoms with van der Waals surface area (Å²) in [4.78, 5) is -0.0297. The Hall–Kier alpha value is -1.70. The predicted molar refractivity (Wildman–Crippen MR) is 96.9 cm³/mol. The number of hydrogen-bond acceptors (Lipinski definition) is 4. The van der Waals surface area contributed by atoms with Crippen LogP contribution in [-0.2, 0) is 26.3 Å². The summed E-state index contributed by atoms with van der Waals surface area (Å²) in [6.45, 7) is 0.308. The zero-order chi connectivity index (χ0) is 18.1. The second-order valence-corrected chi connectivity index (χ2v) is 10.2. The summed E-state index contributed by atoms with van der Waals surface area (Å²) in [5.74, 6) is 0.137. The van der Waals surface area contributed by atoms with Gasteiger partial charge in [-0.1, -0.05) is 30.3 Å². The van der Waals surface area contributed by atoms with Crippen molar-refractivity contribution in [3.63, 3.8) is 0 Å². The van der Waals surface area contributed by atoms with Gasteiger partial charge in [0.05, 0.1) is 9.79 Å². The monoisotopic (exact) mass is 379 g/mol. The molecule has 2 aromatic rings. The number of sulfonamides is 1. The Morgan fingerprint density at radius 3 is 2.48 bits per heavy atom. The molecule has 0 aromatic heterocycles. The first-order chi connectivity index (χ1) is 11.8. The summed E-state index contributed by atoms with van der Waals surface area (Å²) < 4.78 is 51.0. The molecule has 0 saturated heterocycles. The molecule has 1 atom stereocenters. The molecule has 0 saturated carbocycles. The molecule has 2 aromatic carbocycles. The largest absolute Gasteiger partial charge is 0.240 e. The molecule has 7 heteroatoms. The highest BCUT2D eigenvalue weighted by Crippen LogP contribution is 2.31. The lowest BCUT2D eigenvalue weighted by atomic mass is 9.83. The Morgan fingerprint density at radius 2 is 1.72 bits per heavy atom. The van der Waals surface area contributed by atoms with E-state index in [1.807, 2.05) is 12.1 Å². The van der Waals surface area contributed by atoms with Crippen LogP contribution < -0.4 is 4.72 Å². The summed E-state index contributed by atoms with van der Waals surface area (Å²) in [7, 11) is -7.21. The Bertz CT molecular complexity index is 982. The van der Waals surface area contributed by atoms with E-state index in [9.17, 15) is 16.8 Å². The van der Waals surface area contributed by atoms with Crippen LogP contribution in [0.4, 0.5) is 0 Å². The predicted octanol–water partition coefficient (Wildman–Crippen LogP) is 2.49. The van der Waals surface area contributed by atoms with Crippen molar-refractivity contribution >= 4 is 19.9 Å². The molecule has 3 rings (SSSR count). The van der Waals surface area contributed by atoms with Gasteiger partial charge >= 0.3 is 0 Å². The smallest absolute Gasteiger partial charge is 0.224 e. The van der Waals surface area contributed by atoms with E-state index < -0.39 is 19.9 Å². The quantitative estimate of drug-likeness (QED) is 0.865. The molecule has 0 radical (unpaired) electrons. The van der Waals surface area contributed by atoms with Crippen molar-refractivity contribution in [2.24, 2.45) is 0 Å².